The standard InChI is InChI=1S/C21H19N3O5/c1-24(21(25)17-11-13-6-5-9-16(27-3)19(13)28-17)12-18-22-20(23-29-18)14-7-4-8-15(10-14)26-2/h4-11H,12H2,1-3H3. The summed E-state index contributed by atoms with van der Waals surface area (Å²) in [5, 5.41) is 4.78. The molecule has 0 fully saturated rings. The van der Waals surface area contributed by atoms with Crippen molar-refractivity contribution in [2.45, 2.75) is 6.54 Å². The number of amides is 1. The van der Waals surface area contributed by atoms with Crippen LogP contribution in [0.5, 0.6) is 11.5 Å². The summed E-state index contributed by atoms with van der Waals surface area (Å²) in [7, 11) is 4.79. The number of methoxy groups -OCH3 is 2. The first-order valence-corrected chi connectivity index (χ1v) is 8.88. The second-order valence-corrected chi connectivity index (χ2v) is 6.39. The van der Waals surface area contributed by atoms with Gasteiger partial charge in [0.1, 0.15) is 12.3 Å². The number of aromatic nitrogens is 2. The zero-order valence-electron chi connectivity index (χ0n) is 16.2. The highest BCUT2D eigenvalue weighted by Gasteiger charge is 2.21. The van der Waals surface area contributed by atoms with Gasteiger partial charge in [-0.1, -0.05) is 29.4 Å². The molecular formula is C21H19N3O5. The predicted octanol–water partition coefficient (Wildman–Crippen LogP) is 3.77. The number of benzene rings is 2. The number of ether oxygens (including phenoxy) is 2. The number of nitrogens with zero attached hydrogens (tertiary/aromatic N) is 3. The van der Waals surface area contributed by atoms with E-state index in [1.807, 2.05) is 36.4 Å². The third-order valence-electron chi connectivity index (χ3n) is 4.45. The molecule has 0 aliphatic heterocycles. The average molecular weight is 393 g/mol. The van der Waals surface area contributed by atoms with Crippen molar-refractivity contribution in [3.63, 3.8) is 0 Å². The van der Waals surface area contributed by atoms with E-state index >= 15 is 0 Å². The van der Waals surface area contributed by atoms with Crippen molar-refractivity contribution >= 4 is 16.9 Å². The van der Waals surface area contributed by atoms with Gasteiger partial charge >= 0.3 is 0 Å². The second kappa shape index (κ2) is 7.67. The Morgan fingerprint density at radius 1 is 1.10 bits per heavy atom. The van der Waals surface area contributed by atoms with Crippen LogP contribution >= 0.6 is 0 Å². The van der Waals surface area contributed by atoms with Crippen LogP contribution in [0.4, 0.5) is 0 Å². The zero-order chi connectivity index (χ0) is 20.4. The molecule has 0 radical (unpaired) electrons. The van der Waals surface area contributed by atoms with Crippen LogP contribution in [-0.4, -0.2) is 42.2 Å². The van der Waals surface area contributed by atoms with Crippen LogP contribution in [0.2, 0.25) is 0 Å². The SMILES string of the molecule is COc1cccc(-c2noc(CN(C)C(=O)c3cc4cccc(OC)c4o3)n2)c1. The van der Waals surface area contributed by atoms with Gasteiger partial charge in [0.05, 0.1) is 14.2 Å². The van der Waals surface area contributed by atoms with Gasteiger partial charge in [0, 0.05) is 18.0 Å². The lowest BCUT2D eigenvalue weighted by Gasteiger charge is -2.12. The fraction of sp³-hybridized carbons (Fsp3) is 0.190. The molecule has 0 saturated carbocycles. The molecule has 0 unspecified atom stereocenters. The third kappa shape index (κ3) is 3.64. The fourth-order valence-electron chi connectivity index (χ4n) is 2.96. The van der Waals surface area contributed by atoms with Crippen LogP contribution in [0.15, 0.2) is 57.5 Å². The van der Waals surface area contributed by atoms with E-state index in [0.717, 1.165) is 10.9 Å². The van der Waals surface area contributed by atoms with Gasteiger partial charge in [0.15, 0.2) is 17.1 Å². The van der Waals surface area contributed by atoms with Crippen molar-refractivity contribution in [2.75, 3.05) is 21.3 Å². The van der Waals surface area contributed by atoms with Crippen molar-refractivity contribution in [3.05, 3.63) is 60.2 Å². The number of para-hydroxylation sites is 1. The van der Waals surface area contributed by atoms with Gasteiger partial charge in [0.2, 0.25) is 11.7 Å². The summed E-state index contributed by atoms with van der Waals surface area (Å²) >= 11 is 0. The van der Waals surface area contributed by atoms with Crippen molar-refractivity contribution in [2.24, 2.45) is 0 Å². The van der Waals surface area contributed by atoms with Crippen LogP contribution in [0.1, 0.15) is 16.4 Å². The topological polar surface area (TPSA) is 90.8 Å². The molecule has 2 aromatic heterocycles. The van der Waals surface area contributed by atoms with Gasteiger partial charge < -0.3 is 23.3 Å². The van der Waals surface area contributed by atoms with Crippen LogP contribution in [0, 0.1) is 0 Å². The smallest absolute Gasteiger partial charge is 0.289 e. The highest BCUT2D eigenvalue weighted by atomic mass is 16.5. The molecule has 2 heterocycles. The molecule has 4 aromatic rings. The monoisotopic (exact) mass is 393 g/mol. The Balaban J connectivity index is 1.51. The molecule has 2 aromatic carbocycles. The fourth-order valence-corrected chi connectivity index (χ4v) is 2.96. The van der Waals surface area contributed by atoms with Gasteiger partial charge in [-0.05, 0) is 24.3 Å². The molecule has 8 nitrogen and oxygen atoms in total. The second-order valence-electron chi connectivity index (χ2n) is 6.39. The highest BCUT2D eigenvalue weighted by molar-refractivity contribution is 5.97. The molecular weight excluding hydrogens is 374 g/mol. The molecule has 0 spiro atoms. The van der Waals surface area contributed by atoms with Crippen molar-refractivity contribution in [3.8, 4) is 22.9 Å². The largest absolute Gasteiger partial charge is 0.497 e. The van der Waals surface area contributed by atoms with Crippen molar-refractivity contribution in [1.82, 2.24) is 15.0 Å². The van der Waals surface area contributed by atoms with E-state index < -0.39 is 0 Å². The number of carbonyl (C=O) groups excluding carboxylic acids is 1. The predicted molar refractivity (Wildman–Crippen MR) is 105 cm³/mol. The van der Waals surface area contributed by atoms with Gasteiger partial charge in [-0.3, -0.25) is 4.79 Å². The Labute approximate surface area is 166 Å². The average Bonchev–Trinajstić information content (AvgIpc) is 3.40. The normalized spacial score (nSPS) is 10.9. The summed E-state index contributed by atoms with van der Waals surface area (Å²) < 4.78 is 21.5. The molecule has 8 heteroatoms. The maximum absolute atomic E-state index is 12.8. The Bertz CT molecular complexity index is 1160. The number of hydrogen-bond acceptors (Lipinski definition) is 7. The number of carbonyl (C=O) groups is 1. The quantitative estimate of drug-likeness (QED) is 0.492. The lowest BCUT2D eigenvalue weighted by atomic mass is 10.2. The summed E-state index contributed by atoms with van der Waals surface area (Å²) in [4.78, 5) is 18.6. The Hall–Kier alpha value is -3.81. The number of furan rings is 1. The summed E-state index contributed by atoms with van der Waals surface area (Å²) in [5.74, 6) is 1.91. The van der Waals surface area contributed by atoms with Crippen molar-refractivity contribution < 1.29 is 23.2 Å². The summed E-state index contributed by atoms with van der Waals surface area (Å²) in [6.45, 7) is 0.143. The van der Waals surface area contributed by atoms with Gasteiger partial charge in [0.25, 0.3) is 5.91 Å². The van der Waals surface area contributed by atoms with Crippen molar-refractivity contribution in [1.29, 1.82) is 0 Å². The van der Waals surface area contributed by atoms with Gasteiger partial charge in [-0.15, -0.1) is 0 Å². The van der Waals surface area contributed by atoms with E-state index in [-0.39, 0.29) is 18.2 Å². The van der Waals surface area contributed by atoms with E-state index in [2.05, 4.69) is 10.1 Å². The van der Waals surface area contributed by atoms with E-state index in [0.29, 0.717) is 28.8 Å². The molecule has 148 valence electrons. The molecule has 0 aliphatic carbocycles. The summed E-state index contributed by atoms with van der Waals surface area (Å²) in [5.41, 5.74) is 1.29. The van der Waals surface area contributed by atoms with E-state index in [1.165, 1.54) is 4.90 Å². The van der Waals surface area contributed by atoms with E-state index in [4.69, 9.17) is 18.4 Å². The van der Waals surface area contributed by atoms with E-state index in [1.54, 1.807) is 33.4 Å². The van der Waals surface area contributed by atoms with Crippen LogP contribution < -0.4 is 9.47 Å². The first kappa shape index (κ1) is 18.5. The Kier molecular flexibility index (Phi) is 4.90. The zero-order valence-corrected chi connectivity index (χ0v) is 16.2. The van der Waals surface area contributed by atoms with Gasteiger partial charge in [-0.25, -0.2) is 0 Å². The van der Waals surface area contributed by atoms with Crippen LogP contribution in [0.3, 0.4) is 0 Å². The third-order valence-corrected chi connectivity index (χ3v) is 4.45. The summed E-state index contributed by atoms with van der Waals surface area (Å²) in [6.07, 6.45) is 0. The van der Waals surface area contributed by atoms with Crippen LogP contribution in [-0.2, 0) is 6.54 Å². The number of hydrogen-bond donors (Lipinski definition) is 0. The molecule has 1 amide bonds. The molecule has 0 aliphatic rings. The van der Waals surface area contributed by atoms with Gasteiger partial charge in [-0.2, -0.15) is 4.98 Å². The first-order valence-electron chi connectivity index (χ1n) is 8.88. The lowest BCUT2D eigenvalue weighted by Crippen LogP contribution is -2.25. The lowest BCUT2D eigenvalue weighted by molar-refractivity contribution is 0.0740. The number of fused-ring (bicyclic) bond motifs is 1. The van der Waals surface area contributed by atoms with E-state index in [9.17, 15) is 4.79 Å². The van der Waals surface area contributed by atoms with Crippen LogP contribution in [0.25, 0.3) is 22.4 Å². The number of rotatable bonds is 6. The Morgan fingerprint density at radius 2 is 1.93 bits per heavy atom. The molecule has 29 heavy (non-hydrogen) atoms. The molecule has 0 atom stereocenters. The molecule has 0 saturated heterocycles. The molecule has 4 rings (SSSR count). The minimum atomic E-state index is -0.301. The Morgan fingerprint density at radius 3 is 2.72 bits per heavy atom. The first-order chi connectivity index (χ1) is 14.1. The highest BCUT2D eigenvalue weighted by Crippen LogP contribution is 2.29. The maximum atomic E-state index is 12.8. The minimum Gasteiger partial charge on any atom is -0.497 e. The summed E-state index contributed by atoms with van der Waals surface area (Å²) in [6, 6.07) is 14.5. The molecule has 0 bridgehead atoms. The molecule has 0 N–H and O–H groups in total. The minimum absolute atomic E-state index is 0.143. The maximum Gasteiger partial charge on any atom is 0.289 e.